The molecule has 0 radical (unpaired) electrons. The van der Waals surface area contributed by atoms with Gasteiger partial charge < -0.3 is 42.9 Å². The Hall–Kier alpha value is -1.02. The van der Waals surface area contributed by atoms with Crippen LogP contribution in [0.5, 0.6) is 0 Å². The topological polar surface area (TPSA) is 186 Å². The van der Waals surface area contributed by atoms with E-state index >= 15 is 0 Å². The van der Waals surface area contributed by atoms with Crippen molar-refractivity contribution in [3.63, 3.8) is 0 Å². The summed E-state index contributed by atoms with van der Waals surface area (Å²) in [5.41, 5.74) is 0.956. The van der Waals surface area contributed by atoms with Crippen LogP contribution in [0.3, 0.4) is 0 Å². The minimum absolute atomic E-state index is 0.956. The molecular formula is C8H6O9P2-6. The number of rotatable bonds is 0. The van der Waals surface area contributed by atoms with Gasteiger partial charge in [-0.3, -0.25) is 0 Å². The van der Waals surface area contributed by atoms with Crippen LogP contribution in [0.1, 0.15) is 0 Å². The molecular weight excluding hydrogens is 302 g/mol. The fourth-order valence-electron chi connectivity index (χ4n) is 0.906. The molecule has 0 amide bonds. The standard InChI is InChI=1S/C8H6O.2H3O4P/c1-2-4-8-7(3-1)5-6-9-8;2*1-5(2,3)4/h1-6H;2*(H3,1,2,3,4)/p-6. The second kappa shape index (κ2) is 7.54. The van der Waals surface area contributed by atoms with Crippen molar-refractivity contribution >= 4 is 26.6 Å². The van der Waals surface area contributed by atoms with Gasteiger partial charge in [-0.05, 0) is 12.1 Å². The lowest BCUT2D eigenvalue weighted by atomic mass is 10.3. The maximum absolute atomic E-state index is 8.55. The summed E-state index contributed by atoms with van der Waals surface area (Å²) in [6, 6.07) is 9.90. The first-order valence-corrected chi connectivity index (χ1v) is 7.27. The van der Waals surface area contributed by atoms with Crippen molar-refractivity contribution in [1.29, 1.82) is 0 Å². The van der Waals surface area contributed by atoms with E-state index in [1.807, 2.05) is 30.3 Å². The van der Waals surface area contributed by atoms with Gasteiger partial charge in [0.15, 0.2) is 0 Å². The van der Waals surface area contributed by atoms with Crippen LogP contribution in [0, 0.1) is 0 Å². The van der Waals surface area contributed by atoms with Gasteiger partial charge in [0.05, 0.1) is 6.26 Å². The number of phosphoric acid groups is 2. The predicted molar refractivity (Wildman–Crippen MR) is 51.4 cm³/mol. The van der Waals surface area contributed by atoms with Gasteiger partial charge in [0.2, 0.25) is 0 Å². The third-order valence-corrected chi connectivity index (χ3v) is 1.36. The second-order valence-electron chi connectivity index (χ2n) is 2.85. The molecule has 0 saturated carbocycles. The van der Waals surface area contributed by atoms with E-state index in [1.54, 1.807) is 6.26 Å². The highest BCUT2D eigenvalue weighted by Gasteiger charge is 1.89. The molecule has 2 rings (SSSR count). The van der Waals surface area contributed by atoms with E-state index in [2.05, 4.69) is 0 Å². The summed E-state index contributed by atoms with van der Waals surface area (Å²) < 4.78 is 22.2. The van der Waals surface area contributed by atoms with Crippen LogP contribution < -0.4 is 29.4 Å². The Bertz CT molecular complexity index is 514. The van der Waals surface area contributed by atoms with Gasteiger partial charge >= 0.3 is 0 Å². The van der Waals surface area contributed by atoms with Crippen molar-refractivity contribution in [3.05, 3.63) is 36.6 Å². The zero-order valence-electron chi connectivity index (χ0n) is 9.03. The van der Waals surface area contributed by atoms with E-state index in [-0.39, 0.29) is 0 Å². The number of hydrogen-bond donors (Lipinski definition) is 0. The SMILES string of the molecule is O=P([O-])([O-])[O-].O=P([O-])([O-])[O-].c1ccc2occc2c1. The molecule has 11 heteroatoms. The van der Waals surface area contributed by atoms with Gasteiger partial charge in [0.1, 0.15) is 5.58 Å². The van der Waals surface area contributed by atoms with Crippen LogP contribution in [0.4, 0.5) is 0 Å². The third kappa shape index (κ3) is 14.9. The Morgan fingerprint density at radius 3 is 1.63 bits per heavy atom. The Kier molecular flexibility index (Phi) is 7.14. The average Bonchev–Trinajstić information content (AvgIpc) is 2.59. The van der Waals surface area contributed by atoms with Crippen molar-refractivity contribution in [3.8, 4) is 0 Å². The Labute approximate surface area is 107 Å². The lowest BCUT2D eigenvalue weighted by molar-refractivity contribution is -0.434. The first-order valence-electron chi connectivity index (χ1n) is 4.35. The Morgan fingerprint density at radius 1 is 0.789 bits per heavy atom. The smallest absolute Gasteiger partial charge is 0.133 e. The molecule has 0 saturated heterocycles. The van der Waals surface area contributed by atoms with Gasteiger partial charge in [0.25, 0.3) is 0 Å². The molecule has 0 aliphatic heterocycles. The van der Waals surface area contributed by atoms with E-state index in [0.29, 0.717) is 0 Å². The minimum atomic E-state index is -5.39. The summed E-state index contributed by atoms with van der Waals surface area (Å²) in [7, 11) is -10.8. The van der Waals surface area contributed by atoms with Crippen LogP contribution in [-0.2, 0) is 9.13 Å². The van der Waals surface area contributed by atoms with Crippen molar-refractivity contribution in [2.75, 3.05) is 0 Å². The van der Waals surface area contributed by atoms with Gasteiger partial charge in [-0.15, -0.1) is 0 Å². The predicted octanol–water partition coefficient (Wildman–Crippen LogP) is -3.22. The number of furan rings is 1. The lowest BCUT2D eigenvalue weighted by Gasteiger charge is -2.36. The molecule has 0 fully saturated rings. The molecule has 9 nitrogen and oxygen atoms in total. The van der Waals surface area contributed by atoms with Crippen molar-refractivity contribution in [2.45, 2.75) is 0 Å². The molecule has 2 aromatic rings. The molecule has 0 atom stereocenters. The Morgan fingerprint density at radius 2 is 1.21 bits per heavy atom. The molecule has 1 aromatic heterocycles. The van der Waals surface area contributed by atoms with E-state index in [4.69, 9.17) is 42.9 Å². The fourth-order valence-corrected chi connectivity index (χ4v) is 0.906. The largest absolute Gasteiger partial charge is 0.822 e. The second-order valence-corrected chi connectivity index (χ2v) is 4.64. The summed E-state index contributed by atoms with van der Waals surface area (Å²) in [6.07, 6.45) is 1.70. The molecule has 0 bridgehead atoms. The highest BCUT2D eigenvalue weighted by atomic mass is 31.2. The summed E-state index contributed by atoms with van der Waals surface area (Å²) in [4.78, 5) is 51.3. The van der Waals surface area contributed by atoms with Gasteiger partial charge in [-0.2, -0.15) is 15.6 Å². The molecule has 0 aliphatic rings. The maximum Gasteiger partial charge on any atom is 0.133 e. The van der Waals surface area contributed by atoms with E-state index in [9.17, 15) is 0 Å². The van der Waals surface area contributed by atoms with E-state index in [1.165, 1.54) is 0 Å². The highest BCUT2D eigenvalue weighted by molar-refractivity contribution is 7.40. The molecule has 0 N–H and O–H groups in total. The molecule has 19 heavy (non-hydrogen) atoms. The number of fused-ring (bicyclic) bond motifs is 1. The molecule has 1 heterocycles. The van der Waals surface area contributed by atoms with Gasteiger partial charge in [-0.25, -0.2) is 0 Å². The first kappa shape index (κ1) is 18.0. The number of para-hydroxylation sites is 1. The maximum atomic E-state index is 8.55. The van der Waals surface area contributed by atoms with Crippen molar-refractivity contribution in [1.82, 2.24) is 0 Å². The molecule has 1 aromatic carbocycles. The summed E-state index contributed by atoms with van der Waals surface area (Å²) >= 11 is 0. The van der Waals surface area contributed by atoms with Crippen LogP contribution >= 0.6 is 15.6 Å². The third-order valence-electron chi connectivity index (χ3n) is 1.36. The monoisotopic (exact) mass is 308 g/mol. The first-order chi connectivity index (χ1) is 8.47. The molecule has 108 valence electrons. The highest BCUT2D eigenvalue weighted by Crippen LogP contribution is 2.12. The Balaban J connectivity index is 0.000000283. The fraction of sp³-hybridized carbons (Fsp3) is 0. The lowest BCUT2D eigenvalue weighted by Crippen LogP contribution is -2.24. The zero-order chi connectivity index (χ0) is 15.1. The van der Waals surface area contributed by atoms with E-state index < -0.39 is 15.6 Å². The zero-order valence-corrected chi connectivity index (χ0v) is 10.8. The number of benzene rings is 1. The molecule has 0 aliphatic carbocycles. The number of hydrogen-bond acceptors (Lipinski definition) is 9. The molecule has 0 unspecified atom stereocenters. The summed E-state index contributed by atoms with van der Waals surface area (Å²) in [5, 5.41) is 1.16. The van der Waals surface area contributed by atoms with Crippen molar-refractivity contribution < 1.29 is 42.9 Å². The van der Waals surface area contributed by atoms with Gasteiger partial charge in [-0.1, -0.05) is 18.2 Å². The van der Waals surface area contributed by atoms with Crippen LogP contribution in [0.2, 0.25) is 0 Å². The van der Waals surface area contributed by atoms with Crippen molar-refractivity contribution in [2.24, 2.45) is 0 Å². The molecule has 0 spiro atoms. The van der Waals surface area contributed by atoms with Crippen LogP contribution in [-0.4, -0.2) is 0 Å². The van der Waals surface area contributed by atoms with E-state index in [0.717, 1.165) is 11.0 Å². The van der Waals surface area contributed by atoms with Gasteiger partial charge in [0, 0.05) is 5.39 Å². The quantitative estimate of drug-likeness (QED) is 0.451. The minimum Gasteiger partial charge on any atom is -0.822 e. The van der Waals surface area contributed by atoms with Crippen LogP contribution in [0.15, 0.2) is 41.0 Å². The summed E-state index contributed by atoms with van der Waals surface area (Å²) in [6.45, 7) is 0. The average molecular weight is 308 g/mol. The normalized spacial score (nSPS) is 11.1. The summed E-state index contributed by atoms with van der Waals surface area (Å²) in [5.74, 6) is 0. The van der Waals surface area contributed by atoms with Crippen LogP contribution in [0.25, 0.3) is 11.0 Å².